The molecule has 0 radical (unpaired) electrons. The Bertz CT molecular complexity index is 500. The maximum atomic E-state index is 12.9. The standard InChI is InChI=1S/C21H32O4/c1-5-7-14-24-19(22)21(17(3)4,20(23)25-15-8-6-2)16-18-12-10-9-11-13-18/h9-13,17H,5-8,14-16H2,1-4H3. The molecular weight excluding hydrogens is 316 g/mol. The van der Waals surface area contributed by atoms with Gasteiger partial charge in [-0.05, 0) is 30.7 Å². The Balaban J connectivity index is 3.10. The van der Waals surface area contributed by atoms with Gasteiger partial charge in [-0.15, -0.1) is 0 Å². The Morgan fingerprint density at radius 1 is 0.920 bits per heavy atom. The molecule has 0 amide bonds. The van der Waals surface area contributed by atoms with E-state index in [-0.39, 0.29) is 5.92 Å². The highest BCUT2D eigenvalue weighted by molar-refractivity contribution is 6.00. The van der Waals surface area contributed by atoms with Crippen LogP contribution in [0.4, 0.5) is 0 Å². The molecule has 0 heterocycles. The lowest BCUT2D eigenvalue weighted by molar-refractivity contribution is -0.176. The first-order chi connectivity index (χ1) is 12.0. The summed E-state index contributed by atoms with van der Waals surface area (Å²) >= 11 is 0. The van der Waals surface area contributed by atoms with Crippen molar-refractivity contribution in [3.05, 3.63) is 35.9 Å². The third kappa shape index (κ3) is 5.87. The van der Waals surface area contributed by atoms with Gasteiger partial charge in [-0.2, -0.15) is 0 Å². The van der Waals surface area contributed by atoms with Crippen LogP contribution in [-0.2, 0) is 25.5 Å². The average Bonchev–Trinajstić information content (AvgIpc) is 2.60. The van der Waals surface area contributed by atoms with Crippen molar-refractivity contribution in [3.63, 3.8) is 0 Å². The number of benzene rings is 1. The fraction of sp³-hybridized carbons (Fsp3) is 0.619. The van der Waals surface area contributed by atoms with E-state index in [1.165, 1.54) is 0 Å². The first kappa shape index (κ1) is 21.2. The van der Waals surface area contributed by atoms with E-state index in [0.29, 0.717) is 19.6 Å². The number of carbonyl (C=O) groups excluding carboxylic acids is 2. The maximum Gasteiger partial charge on any atom is 0.324 e. The van der Waals surface area contributed by atoms with Crippen LogP contribution in [0.3, 0.4) is 0 Å². The molecule has 0 aliphatic heterocycles. The maximum absolute atomic E-state index is 12.9. The van der Waals surface area contributed by atoms with Gasteiger partial charge in [0.15, 0.2) is 5.41 Å². The average molecular weight is 348 g/mol. The van der Waals surface area contributed by atoms with Gasteiger partial charge in [-0.1, -0.05) is 70.9 Å². The molecule has 140 valence electrons. The molecule has 0 N–H and O–H groups in total. The second-order valence-corrected chi connectivity index (χ2v) is 6.77. The van der Waals surface area contributed by atoms with Crippen molar-refractivity contribution < 1.29 is 19.1 Å². The Morgan fingerprint density at radius 2 is 1.40 bits per heavy atom. The van der Waals surface area contributed by atoms with Crippen molar-refractivity contribution in [2.45, 2.75) is 59.8 Å². The fourth-order valence-electron chi connectivity index (χ4n) is 2.70. The van der Waals surface area contributed by atoms with Crippen LogP contribution in [0.5, 0.6) is 0 Å². The van der Waals surface area contributed by atoms with Crippen LogP contribution in [0.2, 0.25) is 0 Å². The fourth-order valence-corrected chi connectivity index (χ4v) is 2.70. The lowest BCUT2D eigenvalue weighted by Crippen LogP contribution is -2.48. The zero-order valence-electron chi connectivity index (χ0n) is 16.0. The summed E-state index contributed by atoms with van der Waals surface area (Å²) in [5.74, 6) is -1.17. The number of hydrogen-bond donors (Lipinski definition) is 0. The number of rotatable bonds is 11. The van der Waals surface area contributed by atoms with Crippen LogP contribution >= 0.6 is 0 Å². The van der Waals surface area contributed by atoms with E-state index < -0.39 is 17.4 Å². The summed E-state index contributed by atoms with van der Waals surface area (Å²) in [5, 5.41) is 0. The second-order valence-electron chi connectivity index (χ2n) is 6.77. The van der Waals surface area contributed by atoms with Crippen LogP contribution in [0.15, 0.2) is 30.3 Å². The van der Waals surface area contributed by atoms with Gasteiger partial charge in [-0.3, -0.25) is 9.59 Å². The van der Waals surface area contributed by atoms with Crippen molar-refractivity contribution in [2.24, 2.45) is 11.3 Å². The van der Waals surface area contributed by atoms with Gasteiger partial charge in [0.05, 0.1) is 13.2 Å². The normalized spacial score (nSPS) is 11.4. The molecule has 0 aliphatic carbocycles. The molecular formula is C21H32O4. The van der Waals surface area contributed by atoms with Crippen LogP contribution in [0.1, 0.15) is 58.9 Å². The molecule has 0 saturated carbocycles. The van der Waals surface area contributed by atoms with E-state index in [2.05, 4.69) is 0 Å². The molecule has 0 saturated heterocycles. The van der Waals surface area contributed by atoms with Gasteiger partial charge in [0, 0.05) is 0 Å². The summed E-state index contributed by atoms with van der Waals surface area (Å²) < 4.78 is 10.9. The van der Waals surface area contributed by atoms with Crippen molar-refractivity contribution in [1.82, 2.24) is 0 Å². The quantitative estimate of drug-likeness (QED) is 0.334. The number of hydrogen-bond acceptors (Lipinski definition) is 4. The summed E-state index contributed by atoms with van der Waals surface area (Å²) in [4.78, 5) is 25.9. The largest absolute Gasteiger partial charge is 0.465 e. The zero-order chi connectivity index (χ0) is 18.7. The monoisotopic (exact) mass is 348 g/mol. The highest BCUT2D eigenvalue weighted by Gasteiger charge is 2.51. The van der Waals surface area contributed by atoms with Crippen LogP contribution in [0, 0.1) is 11.3 Å². The topological polar surface area (TPSA) is 52.6 Å². The first-order valence-corrected chi connectivity index (χ1v) is 9.37. The molecule has 4 heteroatoms. The minimum absolute atomic E-state index is 0.226. The SMILES string of the molecule is CCCCOC(=O)C(Cc1ccccc1)(C(=O)OCCCC)C(C)C. The van der Waals surface area contributed by atoms with Crippen LogP contribution in [0.25, 0.3) is 0 Å². The van der Waals surface area contributed by atoms with E-state index in [9.17, 15) is 9.59 Å². The van der Waals surface area contributed by atoms with Crippen LogP contribution in [-0.4, -0.2) is 25.2 Å². The summed E-state index contributed by atoms with van der Waals surface area (Å²) in [5.41, 5.74) is -0.376. The third-order valence-corrected chi connectivity index (χ3v) is 4.50. The van der Waals surface area contributed by atoms with Crippen molar-refractivity contribution in [1.29, 1.82) is 0 Å². The molecule has 0 unspecified atom stereocenters. The number of esters is 2. The lowest BCUT2D eigenvalue weighted by Gasteiger charge is -2.33. The van der Waals surface area contributed by atoms with Gasteiger partial charge in [0.1, 0.15) is 0 Å². The molecule has 1 aromatic rings. The predicted octanol–water partition coefficient (Wildman–Crippen LogP) is 4.56. The second kappa shape index (κ2) is 10.9. The summed E-state index contributed by atoms with van der Waals surface area (Å²) in [7, 11) is 0. The van der Waals surface area contributed by atoms with Crippen molar-refractivity contribution in [3.8, 4) is 0 Å². The number of unbranched alkanes of at least 4 members (excludes halogenated alkanes) is 2. The highest BCUT2D eigenvalue weighted by Crippen LogP contribution is 2.35. The summed E-state index contributed by atoms with van der Waals surface area (Å²) in [6.45, 7) is 8.50. The zero-order valence-corrected chi connectivity index (χ0v) is 16.0. The van der Waals surface area contributed by atoms with Crippen molar-refractivity contribution >= 4 is 11.9 Å². The lowest BCUT2D eigenvalue weighted by atomic mass is 9.72. The van der Waals surface area contributed by atoms with Crippen molar-refractivity contribution in [2.75, 3.05) is 13.2 Å². The smallest absolute Gasteiger partial charge is 0.324 e. The summed E-state index contributed by atoms with van der Waals surface area (Å²) in [6, 6.07) is 9.59. The number of carbonyl (C=O) groups is 2. The van der Waals surface area contributed by atoms with E-state index in [0.717, 1.165) is 31.2 Å². The molecule has 0 aliphatic rings. The van der Waals surface area contributed by atoms with Gasteiger partial charge in [-0.25, -0.2) is 0 Å². The van der Waals surface area contributed by atoms with Gasteiger partial charge >= 0.3 is 11.9 Å². The summed E-state index contributed by atoms with van der Waals surface area (Å²) in [6.07, 6.45) is 3.73. The van der Waals surface area contributed by atoms with E-state index in [1.54, 1.807) is 0 Å². The molecule has 0 fully saturated rings. The Labute approximate surface area is 151 Å². The predicted molar refractivity (Wildman–Crippen MR) is 99.2 cm³/mol. The highest BCUT2D eigenvalue weighted by atomic mass is 16.6. The minimum Gasteiger partial charge on any atom is -0.465 e. The van der Waals surface area contributed by atoms with Gasteiger partial charge in [0.25, 0.3) is 0 Å². The Kier molecular flexibility index (Phi) is 9.25. The molecule has 0 bridgehead atoms. The third-order valence-electron chi connectivity index (χ3n) is 4.50. The Hall–Kier alpha value is -1.84. The van der Waals surface area contributed by atoms with E-state index in [1.807, 2.05) is 58.0 Å². The molecule has 25 heavy (non-hydrogen) atoms. The van der Waals surface area contributed by atoms with E-state index >= 15 is 0 Å². The van der Waals surface area contributed by atoms with Gasteiger partial charge < -0.3 is 9.47 Å². The molecule has 1 rings (SSSR count). The van der Waals surface area contributed by atoms with Gasteiger partial charge in [0.2, 0.25) is 0 Å². The van der Waals surface area contributed by atoms with E-state index in [4.69, 9.17) is 9.47 Å². The minimum atomic E-state index is -1.30. The number of ether oxygens (including phenoxy) is 2. The molecule has 0 atom stereocenters. The molecule has 0 aromatic heterocycles. The Morgan fingerprint density at radius 3 is 1.80 bits per heavy atom. The van der Waals surface area contributed by atoms with Crippen LogP contribution < -0.4 is 0 Å². The molecule has 4 nitrogen and oxygen atoms in total. The molecule has 0 spiro atoms. The first-order valence-electron chi connectivity index (χ1n) is 9.37. The molecule has 1 aromatic carbocycles.